The Morgan fingerprint density at radius 3 is 2.80 bits per heavy atom. The van der Waals surface area contributed by atoms with Crippen molar-refractivity contribution >= 4 is 16.4 Å². The molecule has 0 aliphatic carbocycles. The van der Waals surface area contributed by atoms with E-state index in [0.717, 1.165) is 5.03 Å². The first-order valence-electron chi connectivity index (χ1n) is 3.10. The second-order valence-corrected chi connectivity index (χ2v) is 4.50. The van der Waals surface area contributed by atoms with Gasteiger partial charge in [0.1, 0.15) is 5.03 Å². The van der Waals surface area contributed by atoms with Gasteiger partial charge < -0.3 is 0 Å². The zero-order valence-corrected chi connectivity index (χ0v) is 6.98. The van der Waals surface area contributed by atoms with E-state index in [1.165, 1.54) is 0 Å². The summed E-state index contributed by atoms with van der Waals surface area (Å²) in [5.74, 6) is 3.99. The maximum Gasteiger partial charge on any atom is 0.132 e. The lowest BCUT2D eigenvalue weighted by Gasteiger charge is -2.05. The van der Waals surface area contributed by atoms with Gasteiger partial charge in [0.25, 0.3) is 0 Å². The van der Waals surface area contributed by atoms with E-state index >= 15 is 0 Å². The predicted octanol–water partition coefficient (Wildman–Crippen LogP) is 1.27. The average Bonchev–Trinajstić information content (AvgIpc) is 2.36. The van der Waals surface area contributed by atoms with Crippen molar-refractivity contribution in [3.05, 3.63) is 6.20 Å². The van der Waals surface area contributed by atoms with E-state index in [2.05, 4.69) is 35.1 Å². The molecule has 0 amide bonds. The Morgan fingerprint density at radius 2 is 2.40 bits per heavy atom. The highest BCUT2D eigenvalue weighted by Crippen LogP contribution is 2.25. The van der Waals surface area contributed by atoms with Crippen molar-refractivity contribution in [2.75, 3.05) is 0 Å². The van der Waals surface area contributed by atoms with Crippen LogP contribution in [0.15, 0.2) is 11.2 Å². The number of rotatable bonds is 2. The van der Waals surface area contributed by atoms with Crippen molar-refractivity contribution in [1.82, 2.24) is 15.4 Å². The van der Waals surface area contributed by atoms with Crippen LogP contribution >= 0.6 is 10.5 Å². The summed E-state index contributed by atoms with van der Waals surface area (Å²) in [6.45, 7) is 4.26. The fourth-order valence-electron chi connectivity index (χ4n) is 0.559. The molecule has 10 heavy (non-hydrogen) atoms. The molecule has 0 fully saturated rings. The molecule has 1 heterocycles. The zero-order chi connectivity index (χ0) is 7.56. The van der Waals surface area contributed by atoms with Crippen LogP contribution in [0.3, 0.4) is 0 Å². The molecule has 1 aromatic rings. The molecule has 0 saturated heterocycles. The molecule has 0 aromatic carbocycles. The van der Waals surface area contributed by atoms with Crippen molar-refractivity contribution in [1.29, 1.82) is 0 Å². The Hall–Kier alpha value is -0.640. The predicted molar refractivity (Wildman–Crippen MR) is 44.5 cm³/mol. The maximum atomic E-state index is 3.99. The van der Waals surface area contributed by atoms with Gasteiger partial charge in [-0.25, -0.2) is 0 Å². The van der Waals surface area contributed by atoms with E-state index in [9.17, 15) is 0 Å². The fourth-order valence-corrected chi connectivity index (χ4v) is 1.39. The molecule has 1 aromatic heterocycles. The summed E-state index contributed by atoms with van der Waals surface area (Å²) in [5, 5.41) is 11.8. The molecule has 0 radical (unpaired) electrons. The molecular weight excluding hydrogens is 146 g/mol. The van der Waals surface area contributed by atoms with Crippen LogP contribution in [0.1, 0.15) is 13.8 Å². The summed E-state index contributed by atoms with van der Waals surface area (Å²) >= 11 is 0. The molecule has 0 spiro atoms. The van der Waals surface area contributed by atoms with Crippen LogP contribution in [0.4, 0.5) is 0 Å². The van der Waals surface area contributed by atoms with E-state index in [1.54, 1.807) is 6.20 Å². The number of hydrogen-bond donors (Lipinski definition) is 1. The first-order valence-corrected chi connectivity index (χ1v) is 4.56. The van der Waals surface area contributed by atoms with E-state index in [1.807, 2.05) is 0 Å². The highest BCUT2D eigenvalue weighted by Gasteiger charge is 2.02. The fraction of sp³-hybridized carbons (Fsp3) is 0.500. The summed E-state index contributed by atoms with van der Waals surface area (Å²) in [4.78, 5) is 0. The first kappa shape index (κ1) is 7.47. The third-order valence-corrected chi connectivity index (χ3v) is 3.10. The third-order valence-electron chi connectivity index (χ3n) is 1.23. The lowest BCUT2D eigenvalue weighted by Crippen LogP contribution is -1.90. The lowest BCUT2D eigenvalue weighted by molar-refractivity contribution is 0.908. The number of hydrogen-bond acceptors (Lipinski definition) is 2. The van der Waals surface area contributed by atoms with Gasteiger partial charge in [0.2, 0.25) is 0 Å². The minimum absolute atomic E-state index is 0.00887. The van der Waals surface area contributed by atoms with E-state index in [4.69, 9.17) is 0 Å². The van der Waals surface area contributed by atoms with Gasteiger partial charge in [-0.05, 0) is 5.25 Å². The van der Waals surface area contributed by atoms with Gasteiger partial charge >= 0.3 is 0 Å². The van der Waals surface area contributed by atoms with Crippen molar-refractivity contribution in [2.45, 2.75) is 24.1 Å². The van der Waals surface area contributed by atoms with E-state index in [0.29, 0.717) is 5.25 Å². The van der Waals surface area contributed by atoms with Crippen LogP contribution in [0.2, 0.25) is 0 Å². The number of aromatic amines is 1. The maximum absolute atomic E-state index is 3.99. The molecule has 3 nitrogen and oxygen atoms in total. The van der Waals surface area contributed by atoms with Gasteiger partial charge in [-0.2, -0.15) is 15.4 Å². The molecular formula is C6H11N3S. The molecule has 0 aliphatic rings. The van der Waals surface area contributed by atoms with E-state index in [-0.39, 0.29) is 10.5 Å². The number of nitrogens with zero attached hydrogens (tertiary/aromatic N) is 2. The second kappa shape index (κ2) is 2.96. The van der Waals surface area contributed by atoms with Crippen molar-refractivity contribution in [3.8, 4) is 0 Å². The zero-order valence-electron chi connectivity index (χ0n) is 6.16. The summed E-state index contributed by atoms with van der Waals surface area (Å²) in [7, 11) is -0.00887. The summed E-state index contributed by atoms with van der Waals surface area (Å²) < 4.78 is 0. The number of aromatic nitrogens is 3. The first-order chi connectivity index (χ1) is 4.72. The van der Waals surface area contributed by atoms with Gasteiger partial charge in [0.05, 0.1) is 6.20 Å². The molecule has 1 N–H and O–H groups in total. The Morgan fingerprint density at radius 1 is 1.70 bits per heavy atom. The van der Waals surface area contributed by atoms with Crippen LogP contribution in [0.5, 0.6) is 0 Å². The van der Waals surface area contributed by atoms with Crippen molar-refractivity contribution in [3.63, 3.8) is 0 Å². The average molecular weight is 157 g/mol. The van der Waals surface area contributed by atoms with Crippen LogP contribution in [-0.4, -0.2) is 26.5 Å². The summed E-state index contributed by atoms with van der Waals surface area (Å²) in [5.41, 5.74) is 0. The summed E-state index contributed by atoms with van der Waals surface area (Å²) in [6, 6.07) is 0. The topological polar surface area (TPSA) is 41.6 Å². The Bertz CT molecular complexity index is 215. The van der Waals surface area contributed by atoms with Gasteiger partial charge in [0.15, 0.2) is 0 Å². The highest BCUT2D eigenvalue weighted by molar-refractivity contribution is 8.14. The smallest absolute Gasteiger partial charge is 0.132 e. The Labute approximate surface area is 62.8 Å². The molecule has 1 atom stereocenters. The minimum atomic E-state index is -0.00887. The third kappa shape index (κ3) is 1.44. The van der Waals surface area contributed by atoms with E-state index < -0.39 is 0 Å². The SMILES string of the molecule is C=S(c1cn[nH]n1)C(C)C. The minimum Gasteiger partial charge on any atom is -0.197 e. The molecule has 0 bridgehead atoms. The molecule has 0 aliphatic heterocycles. The van der Waals surface area contributed by atoms with Gasteiger partial charge in [-0.3, -0.25) is 0 Å². The molecule has 0 saturated carbocycles. The van der Waals surface area contributed by atoms with Crippen LogP contribution < -0.4 is 0 Å². The quantitative estimate of drug-likeness (QED) is 0.657. The number of nitrogens with one attached hydrogen (secondary N) is 1. The van der Waals surface area contributed by atoms with Gasteiger partial charge in [0, 0.05) is 0 Å². The summed E-state index contributed by atoms with van der Waals surface area (Å²) in [6.07, 6.45) is 1.73. The largest absolute Gasteiger partial charge is 0.197 e. The molecule has 1 rings (SSSR count). The number of H-pyrrole nitrogens is 1. The van der Waals surface area contributed by atoms with Gasteiger partial charge in [-0.1, -0.05) is 19.7 Å². The molecule has 4 heteroatoms. The molecule has 1 unspecified atom stereocenters. The normalized spacial score (nSPS) is 13.9. The lowest BCUT2D eigenvalue weighted by atomic mass is 10.6. The molecule has 56 valence electrons. The van der Waals surface area contributed by atoms with Crippen molar-refractivity contribution < 1.29 is 0 Å². The monoisotopic (exact) mass is 157 g/mol. The standard InChI is InChI=1S/C6H11N3S/c1-5(2)10(3)6-4-7-9-8-6/h4-5H,3H2,1-2H3,(H,7,8,9). The van der Waals surface area contributed by atoms with Crippen LogP contribution in [-0.2, 0) is 0 Å². The second-order valence-electron chi connectivity index (χ2n) is 2.29. The van der Waals surface area contributed by atoms with Gasteiger partial charge in [-0.15, -0.1) is 10.5 Å². The van der Waals surface area contributed by atoms with Crippen molar-refractivity contribution in [2.24, 2.45) is 0 Å². The Balaban J connectivity index is 2.78. The van der Waals surface area contributed by atoms with Crippen LogP contribution in [0.25, 0.3) is 0 Å². The van der Waals surface area contributed by atoms with Crippen LogP contribution in [0, 0.1) is 0 Å². The highest BCUT2D eigenvalue weighted by atomic mass is 32.2. The Kier molecular flexibility index (Phi) is 2.21.